The van der Waals surface area contributed by atoms with Crippen LogP contribution in [0.3, 0.4) is 0 Å². The molecule has 3 heteroatoms. The van der Waals surface area contributed by atoms with E-state index < -0.39 is 0 Å². The Kier molecular flexibility index (Phi) is 2.64. The number of aromatic amines is 1. The van der Waals surface area contributed by atoms with Gasteiger partial charge in [-0.1, -0.05) is 18.6 Å². The Balaban J connectivity index is 2.01. The topological polar surface area (TPSA) is 28.7 Å². The van der Waals surface area contributed by atoms with Crippen LogP contribution in [-0.2, 0) is 0 Å². The zero-order valence-electron chi connectivity index (χ0n) is 9.49. The summed E-state index contributed by atoms with van der Waals surface area (Å²) in [7, 11) is 0. The maximum absolute atomic E-state index is 4.76. The summed E-state index contributed by atoms with van der Waals surface area (Å²) in [5.41, 5.74) is 3.59. The highest BCUT2D eigenvalue weighted by atomic mass is 32.2. The number of aryl methyl sites for hydroxylation is 1. The first-order valence-electron chi connectivity index (χ1n) is 5.91. The lowest BCUT2D eigenvalue weighted by Crippen LogP contribution is -2.03. The predicted octanol–water partition coefficient (Wildman–Crippen LogP) is 3.83. The highest BCUT2D eigenvalue weighted by molar-refractivity contribution is 7.99. The van der Waals surface area contributed by atoms with Crippen molar-refractivity contribution < 1.29 is 0 Å². The van der Waals surface area contributed by atoms with Gasteiger partial charge in [0.05, 0.1) is 16.3 Å². The minimum absolute atomic E-state index is 0.584. The van der Waals surface area contributed by atoms with E-state index in [9.17, 15) is 0 Å². The summed E-state index contributed by atoms with van der Waals surface area (Å²) in [6, 6.07) is 6.33. The first-order chi connectivity index (χ1) is 7.84. The molecule has 0 radical (unpaired) electrons. The summed E-state index contributed by atoms with van der Waals surface area (Å²) in [6.07, 6.45) is 3.97. The summed E-state index contributed by atoms with van der Waals surface area (Å²) in [5.74, 6) is 2.45. The number of fused-ring (bicyclic) bond motifs is 1. The zero-order valence-corrected chi connectivity index (χ0v) is 10.3. The molecule has 1 unspecified atom stereocenters. The quantitative estimate of drug-likeness (QED) is 0.809. The summed E-state index contributed by atoms with van der Waals surface area (Å²) in [4.78, 5) is 8.23. The highest BCUT2D eigenvalue weighted by Gasteiger charge is 2.19. The molecule has 1 fully saturated rings. The fourth-order valence-corrected chi connectivity index (χ4v) is 3.56. The Hall–Kier alpha value is -0.960. The van der Waals surface area contributed by atoms with Crippen molar-refractivity contribution in [1.82, 2.24) is 9.97 Å². The number of rotatable bonds is 1. The summed E-state index contributed by atoms with van der Waals surface area (Å²) >= 11 is 2.04. The molecule has 1 atom stereocenters. The number of hydrogen-bond donors (Lipinski definition) is 1. The van der Waals surface area contributed by atoms with Gasteiger partial charge in [0, 0.05) is 0 Å². The Morgan fingerprint density at radius 3 is 3.06 bits per heavy atom. The van der Waals surface area contributed by atoms with Crippen LogP contribution < -0.4 is 0 Å². The van der Waals surface area contributed by atoms with Crippen LogP contribution in [0, 0.1) is 6.92 Å². The van der Waals surface area contributed by atoms with E-state index in [-0.39, 0.29) is 0 Å². The molecule has 2 nitrogen and oxygen atoms in total. The molecular formula is C13H16N2S. The monoisotopic (exact) mass is 232 g/mol. The van der Waals surface area contributed by atoms with Gasteiger partial charge in [-0.15, -0.1) is 0 Å². The molecule has 1 N–H and O–H groups in total. The van der Waals surface area contributed by atoms with Crippen molar-refractivity contribution in [2.75, 3.05) is 5.75 Å². The molecule has 84 valence electrons. The summed E-state index contributed by atoms with van der Waals surface area (Å²) in [6.45, 7) is 2.13. The van der Waals surface area contributed by atoms with E-state index in [1.165, 1.54) is 41.9 Å². The standard InChI is InChI=1S/C13H16N2S/c1-9-5-4-6-10-12(9)15-13(14-10)11-7-2-3-8-16-11/h4-6,11H,2-3,7-8H2,1H3,(H,14,15). The van der Waals surface area contributed by atoms with Crippen LogP contribution in [0.15, 0.2) is 18.2 Å². The normalized spacial score (nSPS) is 21.4. The fraction of sp³-hybridized carbons (Fsp3) is 0.462. The van der Waals surface area contributed by atoms with E-state index >= 15 is 0 Å². The fourth-order valence-electron chi connectivity index (χ4n) is 2.30. The van der Waals surface area contributed by atoms with Crippen molar-refractivity contribution in [2.45, 2.75) is 31.4 Å². The number of H-pyrrole nitrogens is 1. The second-order valence-electron chi connectivity index (χ2n) is 4.45. The molecule has 0 bridgehead atoms. The van der Waals surface area contributed by atoms with Gasteiger partial charge in [0.15, 0.2) is 0 Å². The minimum atomic E-state index is 0.584. The van der Waals surface area contributed by atoms with E-state index in [0.717, 1.165) is 5.52 Å². The molecule has 1 aliphatic heterocycles. The third-order valence-electron chi connectivity index (χ3n) is 3.22. The first kappa shape index (κ1) is 10.2. The smallest absolute Gasteiger partial charge is 0.120 e. The highest BCUT2D eigenvalue weighted by Crippen LogP contribution is 2.37. The molecule has 1 aromatic carbocycles. The Labute approximate surface area is 99.8 Å². The third-order valence-corrected chi connectivity index (χ3v) is 4.60. The predicted molar refractivity (Wildman–Crippen MR) is 69.9 cm³/mol. The van der Waals surface area contributed by atoms with Crippen molar-refractivity contribution in [3.05, 3.63) is 29.6 Å². The number of benzene rings is 1. The SMILES string of the molecule is Cc1cccc2[nH]c(C3CCCCS3)nc12. The molecule has 2 heterocycles. The zero-order chi connectivity index (χ0) is 11.0. The van der Waals surface area contributed by atoms with Gasteiger partial charge in [0.1, 0.15) is 5.82 Å². The largest absolute Gasteiger partial charge is 0.341 e. The van der Waals surface area contributed by atoms with Gasteiger partial charge in [-0.2, -0.15) is 11.8 Å². The molecule has 0 saturated carbocycles. The molecule has 16 heavy (non-hydrogen) atoms. The third kappa shape index (κ3) is 1.73. The summed E-state index contributed by atoms with van der Waals surface area (Å²) < 4.78 is 0. The van der Waals surface area contributed by atoms with E-state index in [1.807, 2.05) is 11.8 Å². The molecule has 0 spiro atoms. The number of nitrogens with one attached hydrogen (secondary N) is 1. The van der Waals surface area contributed by atoms with E-state index in [0.29, 0.717) is 5.25 Å². The Morgan fingerprint density at radius 2 is 2.31 bits per heavy atom. The van der Waals surface area contributed by atoms with Crippen molar-refractivity contribution in [1.29, 1.82) is 0 Å². The average molecular weight is 232 g/mol. The minimum Gasteiger partial charge on any atom is -0.341 e. The molecule has 0 amide bonds. The van der Waals surface area contributed by atoms with Crippen molar-refractivity contribution in [2.24, 2.45) is 0 Å². The molecule has 1 aliphatic rings. The van der Waals surface area contributed by atoms with Gasteiger partial charge in [-0.05, 0) is 37.1 Å². The lowest BCUT2D eigenvalue weighted by atomic mass is 10.2. The van der Waals surface area contributed by atoms with E-state index in [1.54, 1.807) is 0 Å². The molecule has 0 aliphatic carbocycles. The molecular weight excluding hydrogens is 216 g/mol. The van der Waals surface area contributed by atoms with E-state index in [4.69, 9.17) is 4.98 Å². The first-order valence-corrected chi connectivity index (χ1v) is 6.96. The van der Waals surface area contributed by atoms with Crippen LogP contribution in [0.25, 0.3) is 11.0 Å². The number of hydrogen-bond acceptors (Lipinski definition) is 2. The lowest BCUT2D eigenvalue weighted by Gasteiger charge is -2.18. The van der Waals surface area contributed by atoms with Crippen molar-refractivity contribution in [3.63, 3.8) is 0 Å². The van der Waals surface area contributed by atoms with Gasteiger partial charge >= 0.3 is 0 Å². The number of thioether (sulfide) groups is 1. The number of aromatic nitrogens is 2. The van der Waals surface area contributed by atoms with Gasteiger partial charge in [0.25, 0.3) is 0 Å². The Bertz CT molecular complexity index is 498. The lowest BCUT2D eigenvalue weighted by molar-refractivity contribution is 0.668. The number of para-hydroxylation sites is 1. The van der Waals surface area contributed by atoms with Crippen LogP contribution in [0.1, 0.15) is 35.9 Å². The average Bonchev–Trinajstić information content (AvgIpc) is 2.76. The van der Waals surface area contributed by atoms with E-state index in [2.05, 4.69) is 30.1 Å². The second kappa shape index (κ2) is 4.13. The molecule has 1 saturated heterocycles. The van der Waals surface area contributed by atoms with Crippen LogP contribution in [0.5, 0.6) is 0 Å². The van der Waals surface area contributed by atoms with Crippen LogP contribution in [0.4, 0.5) is 0 Å². The number of nitrogens with zero attached hydrogens (tertiary/aromatic N) is 1. The number of imidazole rings is 1. The summed E-state index contributed by atoms with van der Waals surface area (Å²) in [5, 5.41) is 0.584. The van der Waals surface area contributed by atoms with Crippen molar-refractivity contribution >= 4 is 22.8 Å². The van der Waals surface area contributed by atoms with Gasteiger partial charge in [-0.25, -0.2) is 4.98 Å². The second-order valence-corrected chi connectivity index (χ2v) is 5.76. The van der Waals surface area contributed by atoms with Crippen molar-refractivity contribution in [3.8, 4) is 0 Å². The molecule has 3 rings (SSSR count). The maximum atomic E-state index is 4.76. The van der Waals surface area contributed by atoms with Gasteiger partial charge in [-0.3, -0.25) is 0 Å². The Morgan fingerprint density at radius 1 is 1.38 bits per heavy atom. The van der Waals surface area contributed by atoms with Crippen LogP contribution in [-0.4, -0.2) is 15.7 Å². The maximum Gasteiger partial charge on any atom is 0.120 e. The van der Waals surface area contributed by atoms with Crippen LogP contribution >= 0.6 is 11.8 Å². The molecule has 1 aromatic heterocycles. The molecule has 2 aromatic rings. The van der Waals surface area contributed by atoms with Gasteiger partial charge in [0.2, 0.25) is 0 Å². The van der Waals surface area contributed by atoms with Gasteiger partial charge < -0.3 is 4.98 Å². The van der Waals surface area contributed by atoms with Crippen LogP contribution in [0.2, 0.25) is 0 Å².